The molecule has 3 amide bonds. The molecule has 1 spiro atoms. The van der Waals surface area contributed by atoms with Gasteiger partial charge in [0.25, 0.3) is 0 Å². The van der Waals surface area contributed by atoms with E-state index < -0.39 is 34.6 Å². The molecule has 2 bridgehead atoms. The zero-order chi connectivity index (χ0) is 34.1. The number of ether oxygens (including phenoxy) is 2. The van der Waals surface area contributed by atoms with E-state index in [0.29, 0.717) is 50.3 Å². The van der Waals surface area contributed by atoms with Gasteiger partial charge in [-0.1, -0.05) is 39.8 Å². The van der Waals surface area contributed by atoms with Crippen molar-refractivity contribution < 1.29 is 29.0 Å². The third-order valence-electron chi connectivity index (χ3n) is 10.0. The van der Waals surface area contributed by atoms with E-state index in [0.717, 1.165) is 6.42 Å². The maximum atomic E-state index is 14.9. The SMILES string of the molecule is C=CCN(C(=O)[C@H]1[C@H]2C(=O)N(CCCO)C(C(=O)N(CC=C)C(C)(C)CC(C)(C)C)C23CC[C@]1(CC)O3)c1ccc(OCC)cc1. The maximum Gasteiger partial charge on any atom is 0.249 e. The van der Waals surface area contributed by atoms with E-state index in [1.54, 1.807) is 22.0 Å². The van der Waals surface area contributed by atoms with Crippen LogP contribution in [0, 0.1) is 17.3 Å². The van der Waals surface area contributed by atoms with Crippen LogP contribution in [0.15, 0.2) is 49.6 Å². The number of carbonyl (C=O) groups is 3. The van der Waals surface area contributed by atoms with E-state index in [-0.39, 0.29) is 42.8 Å². The molecule has 254 valence electrons. The summed E-state index contributed by atoms with van der Waals surface area (Å²) in [5.41, 5.74) is -1.97. The highest BCUT2D eigenvalue weighted by Gasteiger charge is 2.79. The average molecular weight is 638 g/mol. The highest BCUT2D eigenvalue weighted by molar-refractivity contribution is 6.03. The third-order valence-corrected chi connectivity index (χ3v) is 10.0. The third kappa shape index (κ3) is 6.25. The van der Waals surface area contributed by atoms with Gasteiger partial charge in [0.2, 0.25) is 17.7 Å². The molecular weight excluding hydrogens is 582 g/mol. The van der Waals surface area contributed by atoms with Crippen LogP contribution in [0.1, 0.15) is 80.6 Å². The van der Waals surface area contributed by atoms with E-state index in [1.165, 1.54) is 0 Å². The van der Waals surface area contributed by atoms with Crippen LogP contribution in [-0.2, 0) is 19.1 Å². The number of amides is 3. The number of carbonyl (C=O) groups excluding carboxylic acids is 3. The molecule has 1 aromatic rings. The fourth-order valence-corrected chi connectivity index (χ4v) is 8.67. The number of nitrogens with zero attached hydrogens (tertiary/aromatic N) is 3. The lowest BCUT2D eigenvalue weighted by atomic mass is 9.64. The fourth-order valence-electron chi connectivity index (χ4n) is 8.67. The first-order valence-electron chi connectivity index (χ1n) is 16.9. The monoisotopic (exact) mass is 637 g/mol. The summed E-state index contributed by atoms with van der Waals surface area (Å²) in [5.74, 6) is -1.57. The molecule has 1 aromatic carbocycles. The van der Waals surface area contributed by atoms with Gasteiger partial charge in [-0.2, -0.15) is 0 Å². The molecule has 0 aromatic heterocycles. The van der Waals surface area contributed by atoms with Crippen LogP contribution < -0.4 is 9.64 Å². The van der Waals surface area contributed by atoms with E-state index in [4.69, 9.17) is 9.47 Å². The molecule has 3 aliphatic rings. The molecule has 9 nitrogen and oxygen atoms in total. The number of aliphatic hydroxyl groups excluding tert-OH is 1. The van der Waals surface area contributed by atoms with Crippen molar-refractivity contribution in [2.45, 2.75) is 103 Å². The predicted molar refractivity (Wildman–Crippen MR) is 180 cm³/mol. The van der Waals surface area contributed by atoms with Crippen molar-refractivity contribution in [3.8, 4) is 5.75 Å². The summed E-state index contributed by atoms with van der Waals surface area (Å²) in [6, 6.07) is 6.43. The first kappa shape index (κ1) is 35.7. The summed E-state index contributed by atoms with van der Waals surface area (Å²) in [7, 11) is 0. The molecule has 3 aliphatic heterocycles. The summed E-state index contributed by atoms with van der Waals surface area (Å²) in [6.45, 7) is 23.5. The van der Waals surface area contributed by atoms with Gasteiger partial charge in [-0.25, -0.2) is 0 Å². The number of hydrogen-bond acceptors (Lipinski definition) is 6. The van der Waals surface area contributed by atoms with Crippen molar-refractivity contribution in [2.24, 2.45) is 17.3 Å². The van der Waals surface area contributed by atoms with Crippen molar-refractivity contribution >= 4 is 23.4 Å². The second-order valence-corrected chi connectivity index (χ2v) is 14.9. The van der Waals surface area contributed by atoms with Crippen LogP contribution >= 0.6 is 0 Å². The number of aliphatic hydroxyl groups is 1. The molecule has 2 unspecified atom stereocenters. The van der Waals surface area contributed by atoms with Crippen LogP contribution in [0.5, 0.6) is 5.75 Å². The molecule has 0 aliphatic carbocycles. The summed E-state index contributed by atoms with van der Waals surface area (Å²) in [6.07, 6.45) is 6.05. The molecule has 0 radical (unpaired) electrons. The van der Waals surface area contributed by atoms with E-state index >= 15 is 0 Å². The highest BCUT2D eigenvalue weighted by atomic mass is 16.5. The number of benzene rings is 1. The lowest BCUT2D eigenvalue weighted by Gasteiger charge is -2.45. The molecule has 3 heterocycles. The molecule has 3 saturated heterocycles. The van der Waals surface area contributed by atoms with Gasteiger partial charge in [-0.15, -0.1) is 13.2 Å². The van der Waals surface area contributed by atoms with E-state index in [1.807, 2.05) is 43.0 Å². The molecule has 1 N–H and O–H groups in total. The lowest BCUT2D eigenvalue weighted by molar-refractivity contribution is -0.157. The molecule has 9 heteroatoms. The Kier molecular flexibility index (Phi) is 10.5. The standard InChI is InChI=1S/C37H55N3O6/c1-10-21-38(26-15-17-27(18-16-26)45-13-4)31(42)28-29-32(43)39(23-14-24-41)30(37(29)20-19-36(28,12-3)46-37)33(44)40(22-11-2)35(8,9)25-34(5,6)7/h10-11,15-18,28-30,41H,1-2,12-14,19-25H2,3-9H3/t28-,29+,30?,36+,37?/m1/s1. The van der Waals surface area contributed by atoms with Crippen LogP contribution in [0.4, 0.5) is 5.69 Å². The van der Waals surface area contributed by atoms with E-state index in [9.17, 15) is 19.5 Å². The Balaban J connectivity index is 1.81. The van der Waals surface area contributed by atoms with Gasteiger partial charge >= 0.3 is 0 Å². The Morgan fingerprint density at radius 3 is 2.26 bits per heavy atom. The molecule has 46 heavy (non-hydrogen) atoms. The van der Waals surface area contributed by atoms with Gasteiger partial charge in [0.15, 0.2) is 0 Å². The Labute approximate surface area is 275 Å². The van der Waals surface area contributed by atoms with E-state index in [2.05, 4.69) is 47.8 Å². The average Bonchev–Trinajstić information content (AvgIpc) is 3.59. The van der Waals surface area contributed by atoms with Crippen molar-refractivity contribution in [2.75, 3.05) is 37.7 Å². The molecule has 0 saturated carbocycles. The van der Waals surface area contributed by atoms with Gasteiger partial charge in [0.05, 0.1) is 24.0 Å². The topological polar surface area (TPSA) is 99.6 Å². The van der Waals surface area contributed by atoms with Crippen molar-refractivity contribution in [3.05, 3.63) is 49.6 Å². The zero-order valence-corrected chi connectivity index (χ0v) is 29.0. The summed E-state index contributed by atoms with van der Waals surface area (Å²) in [4.78, 5) is 49.5. The minimum Gasteiger partial charge on any atom is -0.494 e. The molecule has 5 atom stereocenters. The summed E-state index contributed by atoms with van der Waals surface area (Å²) in [5, 5.41) is 9.79. The van der Waals surface area contributed by atoms with Crippen LogP contribution in [0.3, 0.4) is 0 Å². The lowest BCUT2D eigenvalue weighted by Crippen LogP contribution is -2.61. The zero-order valence-electron chi connectivity index (χ0n) is 29.0. The molecule has 4 rings (SSSR count). The summed E-state index contributed by atoms with van der Waals surface area (Å²) >= 11 is 0. The Morgan fingerprint density at radius 1 is 1.07 bits per heavy atom. The van der Waals surface area contributed by atoms with Crippen LogP contribution in [-0.4, -0.2) is 88.3 Å². The maximum absolute atomic E-state index is 14.9. The van der Waals surface area contributed by atoms with Gasteiger partial charge in [0.1, 0.15) is 17.4 Å². The van der Waals surface area contributed by atoms with Crippen LogP contribution in [0.25, 0.3) is 0 Å². The van der Waals surface area contributed by atoms with Gasteiger partial charge in [-0.05, 0) is 82.6 Å². The Hall–Kier alpha value is -3.17. The summed E-state index contributed by atoms with van der Waals surface area (Å²) < 4.78 is 12.7. The number of rotatable bonds is 15. The largest absolute Gasteiger partial charge is 0.494 e. The number of likely N-dealkylation sites (tertiary alicyclic amines) is 1. The number of fused-ring (bicyclic) bond motifs is 1. The van der Waals surface area contributed by atoms with Crippen molar-refractivity contribution in [1.82, 2.24) is 9.80 Å². The first-order chi connectivity index (χ1) is 21.7. The van der Waals surface area contributed by atoms with Gasteiger partial charge in [-0.3, -0.25) is 14.4 Å². The highest BCUT2D eigenvalue weighted by Crippen LogP contribution is 2.65. The first-order valence-corrected chi connectivity index (χ1v) is 16.9. The second-order valence-electron chi connectivity index (χ2n) is 14.9. The number of anilines is 1. The number of hydrogen-bond donors (Lipinski definition) is 1. The van der Waals surface area contributed by atoms with Crippen LogP contribution in [0.2, 0.25) is 0 Å². The fraction of sp³-hybridized carbons (Fsp3) is 0.649. The van der Waals surface area contributed by atoms with Crippen molar-refractivity contribution in [3.63, 3.8) is 0 Å². The molecule has 3 fully saturated rings. The smallest absolute Gasteiger partial charge is 0.249 e. The van der Waals surface area contributed by atoms with Gasteiger partial charge < -0.3 is 29.3 Å². The minimum absolute atomic E-state index is 0.0618. The second kappa shape index (κ2) is 13.5. The molecular formula is C37H55N3O6. The normalized spacial score (nSPS) is 27.0. The van der Waals surface area contributed by atoms with Gasteiger partial charge in [0, 0.05) is 37.5 Å². The predicted octanol–water partition coefficient (Wildman–Crippen LogP) is 5.37. The minimum atomic E-state index is -1.16. The Morgan fingerprint density at radius 2 is 1.72 bits per heavy atom. The quantitative estimate of drug-likeness (QED) is 0.260. The Bertz CT molecular complexity index is 1300. The van der Waals surface area contributed by atoms with Crippen molar-refractivity contribution in [1.29, 1.82) is 0 Å².